The third-order valence-electron chi connectivity index (χ3n) is 5.72. The molecule has 29 heavy (non-hydrogen) atoms. The molecule has 0 radical (unpaired) electrons. The molecule has 0 fully saturated rings. The molecular weight excluding hydrogens is 362 g/mol. The van der Waals surface area contributed by atoms with Crippen molar-refractivity contribution >= 4 is 17.4 Å². The Morgan fingerprint density at radius 2 is 1.59 bits per heavy atom. The van der Waals surface area contributed by atoms with Crippen molar-refractivity contribution in [1.82, 2.24) is 0 Å². The summed E-state index contributed by atoms with van der Waals surface area (Å²) in [6.07, 6.45) is 0. The molecule has 4 rings (SSSR count). The van der Waals surface area contributed by atoms with E-state index in [4.69, 9.17) is 0 Å². The van der Waals surface area contributed by atoms with Crippen LogP contribution in [0.4, 0.5) is 5.69 Å². The van der Waals surface area contributed by atoms with E-state index in [9.17, 15) is 14.7 Å². The lowest BCUT2D eigenvalue weighted by molar-refractivity contribution is -0.139. The second-order valence-corrected chi connectivity index (χ2v) is 7.61. The first-order chi connectivity index (χ1) is 13.9. The molecule has 0 bridgehead atoms. The topological polar surface area (TPSA) is 57.6 Å². The number of carbonyl (C=O) groups excluding carboxylic acids is 2. The predicted octanol–water partition coefficient (Wildman–Crippen LogP) is 4.25. The first-order valence-corrected chi connectivity index (χ1v) is 9.71. The van der Waals surface area contributed by atoms with Crippen LogP contribution in [0.2, 0.25) is 0 Å². The van der Waals surface area contributed by atoms with Crippen LogP contribution in [0.5, 0.6) is 0 Å². The summed E-state index contributed by atoms with van der Waals surface area (Å²) in [6.45, 7) is 3.97. The minimum atomic E-state index is -1.89. The number of benzene rings is 3. The van der Waals surface area contributed by atoms with Gasteiger partial charge in [-0.2, -0.15) is 0 Å². The smallest absolute Gasteiger partial charge is 0.264 e. The van der Waals surface area contributed by atoms with Crippen LogP contribution in [-0.2, 0) is 16.9 Å². The summed E-state index contributed by atoms with van der Waals surface area (Å²) in [4.78, 5) is 28.1. The Hall–Kier alpha value is -3.24. The van der Waals surface area contributed by atoms with Gasteiger partial charge in [-0.3, -0.25) is 9.59 Å². The summed E-state index contributed by atoms with van der Waals surface area (Å²) in [5.41, 5.74) is 1.82. The molecule has 146 valence electrons. The maximum Gasteiger partial charge on any atom is 0.264 e. The Morgan fingerprint density at radius 1 is 0.966 bits per heavy atom. The fraction of sp³-hybridized carbons (Fsp3) is 0.200. The average molecular weight is 385 g/mol. The summed E-state index contributed by atoms with van der Waals surface area (Å²) in [5.74, 6) is -1.63. The molecule has 2 atom stereocenters. The van der Waals surface area contributed by atoms with Gasteiger partial charge >= 0.3 is 0 Å². The lowest BCUT2D eigenvalue weighted by atomic mass is 9.79. The molecular formula is C25H23NO3. The van der Waals surface area contributed by atoms with Crippen molar-refractivity contribution in [3.63, 3.8) is 0 Å². The average Bonchev–Trinajstić information content (AvgIpc) is 2.97. The van der Waals surface area contributed by atoms with Gasteiger partial charge in [-0.05, 0) is 18.6 Å². The van der Waals surface area contributed by atoms with Gasteiger partial charge in [-0.1, -0.05) is 85.3 Å². The highest BCUT2D eigenvalue weighted by Crippen LogP contribution is 2.46. The summed E-state index contributed by atoms with van der Waals surface area (Å²) >= 11 is 0. The van der Waals surface area contributed by atoms with Gasteiger partial charge in [0.25, 0.3) is 5.91 Å². The predicted molar refractivity (Wildman–Crippen MR) is 113 cm³/mol. The summed E-state index contributed by atoms with van der Waals surface area (Å²) in [7, 11) is 0. The standard InChI is InChI=1S/C25H23NO3/c1-17-12-14-19(15-13-17)16-26-22-11-7-6-10-21(22)25(29,24(26)28)18(2)23(27)20-8-4-3-5-9-20/h3-15,18,29H,16H2,1-2H3/t18-,25-/m0/s1. The summed E-state index contributed by atoms with van der Waals surface area (Å²) in [6, 6.07) is 23.9. The van der Waals surface area contributed by atoms with Crippen LogP contribution in [0.1, 0.15) is 34.0 Å². The van der Waals surface area contributed by atoms with Crippen LogP contribution in [0, 0.1) is 12.8 Å². The van der Waals surface area contributed by atoms with Crippen molar-refractivity contribution in [3.05, 3.63) is 101 Å². The van der Waals surface area contributed by atoms with E-state index in [1.807, 2.05) is 49.4 Å². The SMILES string of the molecule is Cc1ccc(CN2C(=O)[C@](O)([C@@H](C)C(=O)c3ccccc3)c3ccccc32)cc1. The van der Waals surface area contributed by atoms with Crippen LogP contribution in [0.25, 0.3) is 0 Å². The van der Waals surface area contributed by atoms with Crippen molar-refractivity contribution in [2.45, 2.75) is 26.0 Å². The van der Waals surface area contributed by atoms with Crippen molar-refractivity contribution in [1.29, 1.82) is 0 Å². The number of aliphatic hydroxyl groups is 1. The molecule has 1 N–H and O–H groups in total. The second kappa shape index (κ2) is 7.30. The van der Waals surface area contributed by atoms with Crippen LogP contribution >= 0.6 is 0 Å². The normalized spacial score (nSPS) is 19.1. The zero-order chi connectivity index (χ0) is 20.6. The molecule has 1 aliphatic rings. The van der Waals surface area contributed by atoms with E-state index in [0.717, 1.165) is 11.1 Å². The van der Waals surface area contributed by atoms with Crippen LogP contribution in [0.15, 0.2) is 78.9 Å². The lowest BCUT2D eigenvalue weighted by Crippen LogP contribution is -2.47. The van der Waals surface area contributed by atoms with Crippen LogP contribution in [-0.4, -0.2) is 16.8 Å². The molecule has 3 aromatic rings. The largest absolute Gasteiger partial charge is 0.375 e. The van der Waals surface area contributed by atoms with Gasteiger partial charge in [0.2, 0.25) is 0 Å². The van der Waals surface area contributed by atoms with E-state index in [1.165, 1.54) is 0 Å². The molecule has 0 saturated heterocycles. The maximum atomic E-state index is 13.5. The quantitative estimate of drug-likeness (QED) is 0.668. The summed E-state index contributed by atoms with van der Waals surface area (Å²) in [5, 5.41) is 11.6. The van der Waals surface area contributed by atoms with Gasteiger partial charge in [-0.25, -0.2) is 0 Å². The van der Waals surface area contributed by atoms with Crippen molar-refractivity contribution in [2.24, 2.45) is 5.92 Å². The highest BCUT2D eigenvalue weighted by atomic mass is 16.3. The number of anilines is 1. The number of Topliss-reactive ketones (excluding diaryl/α,β-unsaturated/α-hetero) is 1. The van der Waals surface area contributed by atoms with Gasteiger partial charge < -0.3 is 10.0 Å². The number of hydrogen-bond donors (Lipinski definition) is 1. The number of aryl methyl sites for hydroxylation is 1. The number of para-hydroxylation sites is 1. The van der Waals surface area contributed by atoms with Crippen LogP contribution < -0.4 is 4.90 Å². The molecule has 0 unspecified atom stereocenters. The Morgan fingerprint density at radius 3 is 2.28 bits per heavy atom. The fourth-order valence-corrected chi connectivity index (χ4v) is 3.96. The number of hydrogen-bond acceptors (Lipinski definition) is 3. The second-order valence-electron chi connectivity index (χ2n) is 7.61. The first kappa shape index (κ1) is 19.1. The monoisotopic (exact) mass is 385 g/mol. The Kier molecular flexibility index (Phi) is 4.81. The minimum Gasteiger partial charge on any atom is -0.375 e. The Labute approximate surface area is 170 Å². The number of nitrogens with zero attached hydrogens (tertiary/aromatic N) is 1. The Bertz CT molecular complexity index is 1060. The minimum absolute atomic E-state index is 0.256. The van der Waals surface area contributed by atoms with E-state index in [1.54, 1.807) is 48.2 Å². The number of ketones is 1. The molecule has 4 heteroatoms. The zero-order valence-corrected chi connectivity index (χ0v) is 16.5. The van der Waals surface area contributed by atoms with Gasteiger partial charge in [0.1, 0.15) is 0 Å². The van der Waals surface area contributed by atoms with E-state index >= 15 is 0 Å². The molecule has 0 aromatic heterocycles. The van der Waals surface area contributed by atoms with E-state index in [2.05, 4.69) is 0 Å². The molecule has 4 nitrogen and oxygen atoms in total. The van der Waals surface area contributed by atoms with E-state index in [0.29, 0.717) is 23.4 Å². The number of carbonyl (C=O) groups is 2. The van der Waals surface area contributed by atoms with Gasteiger partial charge in [0.15, 0.2) is 11.4 Å². The van der Waals surface area contributed by atoms with Crippen LogP contribution in [0.3, 0.4) is 0 Å². The third kappa shape index (κ3) is 3.15. The molecule has 0 saturated carbocycles. The van der Waals surface area contributed by atoms with Gasteiger partial charge in [0, 0.05) is 11.1 Å². The first-order valence-electron chi connectivity index (χ1n) is 9.71. The summed E-state index contributed by atoms with van der Waals surface area (Å²) < 4.78 is 0. The van der Waals surface area contributed by atoms with Gasteiger partial charge in [-0.15, -0.1) is 0 Å². The number of rotatable bonds is 5. The molecule has 1 heterocycles. The Balaban J connectivity index is 1.73. The van der Waals surface area contributed by atoms with Gasteiger partial charge in [0.05, 0.1) is 18.2 Å². The molecule has 0 aliphatic carbocycles. The maximum absolute atomic E-state index is 13.5. The van der Waals surface area contributed by atoms with E-state index < -0.39 is 17.4 Å². The fourth-order valence-electron chi connectivity index (χ4n) is 3.96. The number of fused-ring (bicyclic) bond motifs is 1. The zero-order valence-electron chi connectivity index (χ0n) is 16.5. The van der Waals surface area contributed by atoms with Crippen molar-refractivity contribution in [2.75, 3.05) is 4.90 Å². The molecule has 1 aliphatic heterocycles. The third-order valence-corrected chi connectivity index (χ3v) is 5.72. The lowest BCUT2D eigenvalue weighted by Gasteiger charge is -2.28. The van der Waals surface area contributed by atoms with Crippen molar-refractivity contribution < 1.29 is 14.7 Å². The molecule has 1 amide bonds. The van der Waals surface area contributed by atoms with Crippen molar-refractivity contribution in [3.8, 4) is 0 Å². The van der Waals surface area contributed by atoms with E-state index in [-0.39, 0.29) is 5.78 Å². The highest BCUT2D eigenvalue weighted by Gasteiger charge is 2.55. The highest BCUT2D eigenvalue weighted by molar-refractivity contribution is 6.11. The molecule has 0 spiro atoms. The number of amides is 1. The molecule has 3 aromatic carbocycles.